The Bertz CT molecular complexity index is 445. The van der Waals surface area contributed by atoms with Crippen molar-refractivity contribution < 1.29 is 14.3 Å². The summed E-state index contributed by atoms with van der Waals surface area (Å²) in [6, 6.07) is 6.43. The van der Waals surface area contributed by atoms with Gasteiger partial charge >= 0.3 is 6.09 Å². The molecule has 3 rings (SSSR count). The van der Waals surface area contributed by atoms with Gasteiger partial charge in [0.05, 0.1) is 0 Å². The van der Waals surface area contributed by atoms with Crippen LogP contribution >= 0.6 is 0 Å². The van der Waals surface area contributed by atoms with Crippen LogP contribution in [-0.2, 0) is 6.42 Å². The molecule has 2 unspecified atom stereocenters. The molecule has 0 bridgehead atoms. The fraction of sp³-hybridized carbons (Fsp3) is 0.462. The number of rotatable bonds is 2. The van der Waals surface area contributed by atoms with E-state index in [1.54, 1.807) is 17.0 Å². The summed E-state index contributed by atoms with van der Waals surface area (Å²) >= 11 is 0. The van der Waals surface area contributed by atoms with Gasteiger partial charge in [-0.15, -0.1) is 0 Å². The van der Waals surface area contributed by atoms with Gasteiger partial charge in [-0.05, 0) is 42.4 Å². The number of nitrogens with zero attached hydrogens (tertiary/aromatic N) is 1. The molecule has 0 spiro atoms. The molecule has 0 radical (unpaired) electrons. The molecular formula is C13H14FNO2. The van der Waals surface area contributed by atoms with Crippen LogP contribution < -0.4 is 0 Å². The molecule has 3 atom stereocenters. The van der Waals surface area contributed by atoms with E-state index in [2.05, 4.69) is 0 Å². The standard InChI is InChI=1S/C13H14FNO2/c14-10-3-1-8(2-4-10)5-12-11-6-9(11)7-15(12)13(16)17/h1-4,9,11-12H,5-7H2,(H,16,17)/t9-,11?,12?/m1/s1. The van der Waals surface area contributed by atoms with Gasteiger partial charge in [0.15, 0.2) is 0 Å². The first-order chi connectivity index (χ1) is 8.15. The molecule has 1 heterocycles. The number of likely N-dealkylation sites (tertiary alicyclic amines) is 1. The molecule has 2 fully saturated rings. The molecule has 0 aromatic heterocycles. The third-order valence-corrected chi connectivity index (χ3v) is 3.91. The SMILES string of the molecule is O=C(O)N1C[C@H]2CC2C1Cc1ccc(F)cc1. The highest BCUT2D eigenvalue weighted by Gasteiger charge is 2.53. The number of hydrogen-bond acceptors (Lipinski definition) is 1. The molecule has 1 aromatic rings. The first-order valence-corrected chi connectivity index (χ1v) is 5.89. The van der Waals surface area contributed by atoms with Crippen LogP contribution in [0.2, 0.25) is 0 Å². The van der Waals surface area contributed by atoms with Gasteiger partial charge < -0.3 is 10.0 Å². The topological polar surface area (TPSA) is 40.5 Å². The van der Waals surface area contributed by atoms with E-state index < -0.39 is 6.09 Å². The van der Waals surface area contributed by atoms with Crippen molar-refractivity contribution >= 4 is 6.09 Å². The van der Waals surface area contributed by atoms with Crippen molar-refractivity contribution in [1.29, 1.82) is 0 Å². The van der Waals surface area contributed by atoms with Crippen molar-refractivity contribution in [3.05, 3.63) is 35.6 Å². The molecule has 4 heteroatoms. The smallest absolute Gasteiger partial charge is 0.407 e. The van der Waals surface area contributed by atoms with Crippen molar-refractivity contribution in [1.82, 2.24) is 4.90 Å². The molecule has 17 heavy (non-hydrogen) atoms. The van der Waals surface area contributed by atoms with Crippen molar-refractivity contribution in [3.8, 4) is 0 Å². The fourth-order valence-electron chi connectivity index (χ4n) is 2.91. The summed E-state index contributed by atoms with van der Waals surface area (Å²) in [5.41, 5.74) is 1.01. The summed E-state index contributed by atoms with van der Waals surface area (Å²) in [5.74, 6) is 0.840. The Balaban J connectivity index is 1.75. The predicted octanol–water partition coefficient (Wildman–Crippen LogP) is 2.37. The lowest BCUT2D eigenvalue weighted by Gasteiger charge is -2.24. The zero-order valence-electron chi connectivity index (χ0n) is 9.34. The number of halogens is 1. The Labute approximate surface area is 98.9 Å². The minimum atomic E-state index is -0.829. The van der Waals surface area contributed by atoms with E-state index in [4.69, 9.17) is 5.11 Å². The van der Waals surface area contributed by atoms with Crippen LogP contribution in [0.1, 0.15) is 12.0 Å². The molecule has 1 aliphatic carbocycles. The van der Waals surface area contributed by atoms with Gasteiger partial charge in [0.2, 0.25) is 0 Å². The van der Waals surface area contributed by atoms with E-state index in [-0.39, 0.29) is 11.9 Å². The highest BCUT2D eigenvalue weighted by atomic mass is 19.1. The zero-order valence-corrected chi connectivity index (χ0v) is 9.34. The van der Waals surface area contributed by atoms with Crippen LogP contribution in [0.15, 0.2) is 24.3 Å². The molecule has 1 amide bonds. The van der Waals surface area contributed by atoms with Crippen molar-refractivity contribution in [2.24, 2.45) is 11.8 Å². The maximum absolute atomic E-state index is 12.8. The molecule has 1 saturated heterocycles. The van der Waals surface area contributed by atoms with E-state index in [1.165, 1.54) is 12.1 Å². The second-order valence-corrected chi connectivity index (χ2v) is 4.99. The number of benzene rings is 1. The van der Waals surface area contributed by atoms with Gasteiger partial charge in [-0.1, -0.05) is 12.1 Å². The van der Waals surface area contributed by atoms with Crippen molar-refractivity contribution in [2.75, 3.05) is 6.54 Å². The maximum Gasteiger partial charge on any atom is 0.407 e. The molecule has 90 valence electrons. The van der Waals surface area contributed by atoms with Crippen LogP contribution in [0.4, 0.5) is 9.18 Å². The van der Waals surface area contributed by atoms with Gasteiger partial charge in [-0.25, -0.2) is 9.18 Å². The van der Waals surface area contributed by atoms with Crippen LogP contribution in [0.5, 0.6) is 0 Å². The molecule has 3 nitrogen and oxygen atoms in total. The lowest BCUT2D eigenvalue weighted by Crippen LogP contribution is -2.38. The Morgan fingerprint density at radius 3 is 2.76 bits per heavy atom. The summed E-state index contributed by atoms with van der Waals surface area (Å²) < 4.78 is 12.8. The first kappa shape index (κ1) is 10.6. The normalized spacial score (nSPS) is 30.2. The lowest BCUT2D eigenvalue weighted by molar-refractivity contribution is 0.131. The van der Waals surface area contributed by atoms with Gasteiger partial charge in [0.1, 0.15) is 5.82 Å². The number of fused-ring (bicyclic) bond motifs is 1. The summed E-state index contributed by atoms with van der Waals surface area (Å²) in [6.07, 6.45) is 1.02. The van der Waals surface area contributed by atoms with Gasteiger partial charge in [-0.3, -0.25) is 0 Å². The van der Waals surface area contributed by atoms with E-state index >= 15 is 0 Å². The average molecular weight is 235 g/mol. The Morgan fingerprint density at radius 1 is 1.41 bits per heavy atom. The molecule has 1 aromatic carbocycles. The van der Waals surface area contributed by atoms with E-state index in [0.29, 0.717) is 24.8 Å². The summed E-state index contributed by atoms with van der Waals surface area (Å²) in [6.45, 7) is 0.672. The van der Waals surface area contributed by atoms with Gasteiger partial charge in [-0.2, -0.15) is 0 Å². The summed E-state index contributed by atoms with van der Waals surface area (Å²) in [7, 11) is 0. The molecule has 2 aliphatic rings. The fourth-order valence-corrected chi connectivity index (χ4v) is 2.91. The summed E-state index contributed by atoms with van der Waals surface area (Å²) in [5, 5.41) is 9.11. The predicted molar refractivity (Wildman–Crippen MR) is 60.2 cm³/mol. The van der Waals surface area contributed by atoms with Crippen molar-refractivity contribution in [2.45, 2.75) is 18.9 Å². The average Bonchev–Trinajstić information content (AvgIpc) is 2.98. The third kappa shape index (κ3) is 1.88. The second-order valence-electron chi connectivity index (χ2n) is 4.99. The second kappa shape index (κ2) is 3.72. The van der Waals surface area contributed by atoms with Gasteiger partial charge in [0, 0.05) is 12.6 Å². The first-order valence-electron chi connectivity index (χ1n) is 5.89. The van der Waals surface area contributed by atoms with Gasteiger partial charge in [0.25, 0.3) is 0 Å². The number of hydrogen-bond donors (Lipinski definition) is 1. The minimum Gasteiger partial charge on any atom is -0.465 e. The van der Waals surface area contributed by atoms with Crippen molar-refractivity contribution in [3.63, 3.8) is 0 Å². The Hall–Kier alpha value is -1.58. The number of amides is 1. The number of carbonyl (C=O) groups is 1. The van der Waals surface area contributed by atoms with Crippen LogP contribution in [0.25, 0.3) is 0 Å². The largest absolute Gasteiger partial charge is 0.465 e. The van der Waals surface area contributed by atoms with Crippen LogP contribution in [-0.4, -0.2) is 28.7 Å². The minimum absolute atomic E-state index is 0.0861. The maximum atomic E-state index is 12.8. The summed E-state index contributed by atoms with van der Waals surface area (Å²) in [4.78, 5) is 12.6. The number of carboxylic acid groups (broad SMARTS) is 1. The van der Waals surface area contributed by atoms with E-state index in [1.807, 2.05) is 0 Å². The quantitative estimate of drug-likeness (QED) is 0.854. The molecule has 1 N–H and O–H groups in total. The molecular weight excluding hydrogens is 221 g/mol. The third-order valence-electron chi connectivity index (χ3n) is 3.91. The van der Waals surface area contributed by atoms with Crippen LogP contribution in [0.3, 0.4) is 0 Å². The molecule has 1 aliphatic heterocycles. The molecule has 1 saturated carbocycles. The van der Waals surface area contributed by atoms with E-state index in [0.717, 1.165) is 12.0 Å². The Morgan fingerprint density at radius 2 is 2.12 bits per heavy atom. The highest BCUT2D eigenvalue weighted by Crippen LogP contribution is 2.50. The van der Waals surface area contributed by atoms with E-state index in [9.17, 15) is 9.18 Å². The number of piperidine rings is 1. The van der Waals surface area contributed by atoms with Crippen LogP contribution in [0, 0.1) is 17.7 Å². The lowest BCUT2D eigenvalue weighted by atomic mass is 10.0. The Kier molecular flexibility index (Phi) is 2.31. The monoisotopic (exact) mass is 235 g/mol. The zero-order chi connectivity index (χ0) is 12.0. The highest BCUT2D eigenvalue weighted by molar-refractivity contribution is 5.66.